The third kappa shape index (κ3) is 2.21. The van der Waals surface area contributed by atoms with E-state index in [9.17, 15) is 5.11 Å². The molecule has 0 fully saturated rings. The van der Waals surface area contributed by atoms with Gasteiger partial charge >= 0.3 is 0 Å². The van der Waals surface area contributed by atoms with Gasteiger partial charge in [0.25, 0.3) is 0 Å². The molecule has 0 aliphatic heterocycles. The fourth-order valence-electron chi connectivity index (χ4n) is 0.236. The van der Waals surface area contributed by atoms with E-state index in [1.165, 1.54) is 0 Å². The van der Waals surface area contributed by atoms with Crippen molar-refractivity contribution in [2.45, 2.75) is 26.4 Å². The summed E-state index contributed by atoms with van der Waals surface area (Å²) in [6.07, 6.45) is 1.95. The molecular formula is C5H10O. The molecule has 0 rings (SSSR count). The number of rotatable bonds is 2. The Balaban J connectivity index is 2.75. The highest BCUT2D eigenvalue weighted by Gasteiger charge is 1.94. The minimum Gasteiger partial charge on any atom is -0.233 e. The van der Waals surface area contributed by atoms with E-state index in [4.69, 9.17) is 0 Å². The van der Waals surface area contributed by atoms with Gasteiger partial charge in [0, 0.05) is 0 Å². The molecule has 0 aliphatic rings. The maximum Gasteiger partial charge on any atom is 0.0956 e. The zero-order chi connectivity index (χ0) is 4.99. The van der Waals surface area contributed by atoms with Crippen molar-refractivity contribution in [3.05, 3.63) is 6.42 Å². The molecule has 0 saturated heterocycles. The van der Waals surface area contributed by atoms with Crippen molar-refractivity contribution in [1.29, 1.82) is 0 Å². The topological polar surface area (TPSA) is 19.9 Å². The van der Waals surface area contributed by atoms with Crippen molar-refractivity contribution in [1.82, 2.24) is 0 Å². The van der Waals surface area contributed by atoms with Gasteiger partial charge in [-0.05, 0) is 12.8 Å². The Morgan fingerprint density at radius 3 is 2.33 bits per heavy atom. The monoisotopic (exact) mass is 86.1 g/mol. The van der Waals surface area contributed by atoms with Crippen molar-refractivity contribution >= 4 is 0 Å². The summed E-state index contributed by atoms with van der Waals surface area (Å²) in [6, 6.07) is 0. The third-order valence-corrected chi connectivity index (χ3v) is 0.774. The van der Waals surface area contributed by atoms with E-state index >= 15 is 0 Å². The van der Waals surface area contributed by atoms with Crippen molar-refractivity contribution < 1.29 is 5.11 Å². The summed E-state index contributed by atoms with van der Waals surface area (Å²) >= 11 is 0. The van der Waals surface area contributed by atoms with Crippen LogP contribution in [0.5, 0.6) is 0 Å². The lowest BCUT2D eigenvalue weighted by atomic mass is 10.2. The molecule has 0 heterocycles. The molecule has 1 heteroatoms. The van der Waals surface area contributed by atoms with Crippen LogP contribution in [0.2, 0.25) is 0 Å². The molecule has 1 nitrogen and oxygen atoms in total. The maximum atomic E-state index is 10.2. The summed E-state index contributed by atoms with van der Waals surface area (Å²) in [5, 5.41) is 10.2. The summed E-state index contributed by atoms with van der Waals surface area (Å²) in [5.74, 6) is 0. The van der Waals surface area contributed by atoms with E-state index in [1.807, 2.05) is 6.92 Å². The second-order valence-electron chi connectivity index (χ2n) is 1.28. The van der Waals surface area contributed by atoms with Crippen LogP contribution in [0.4, 0.5) is 0 Å². The molecule has 0 spiro atoms. The van der Waals surface area contributed by atoms with Crippen LogP contribution in [-0.4, -0.2) is 6.10 Å². The second kappa shape index (κ2) is 3.16. The normalized spacial score (nSPS) is 10.0. The van der Waals surface area contributed by atoms with Gasteiger partial charge < -0.3 is 0 Å². The van der Waals surface area contributed by atoms with Crippen LogP contribution in [0.1, 0.15) is 20.3 Å². The molecule has 0 N–H and O–H groups in total. The van der Waals surface area contributed by atoms with Crippen LogP contribution in [0, 0.1) is 6.42 Å². The molecule has 0 amide bonds. The first kappa shape index (κ1) is 5.96. The van der Waals surface area contributed by atoms with Crippen LogP contribution >= 0.6 is 0 Å². The average Bonchev–Trinajstić information content (AvgIpc) is 1.65. The largest absolute Gasteiger partial charge is 0.233 e. The van der Waals surface area contributed by atoms with Gasteiger partial charge in [0.1, 0.15) is 0 Å². The summed E-state index contributed by atoms with van der Waals surface area (Å²) in [6.45, 7) is 3.68. The van der Waals surface area contributed by atoms with E-state index in [0.717, 1.165) is 6.42 Å². The lowest BCUT2D eigenvalue weighted by molar-refractivity contribution is 0.113. The Hall–Kier alpha value is -0.0400. The minimum absolute atomic E-state index is 0.440. The lowest BCUT2D eigenvalue weighted by Crippen LogP contribution is -1.98. The van der Waals surface area contributed by atoms with Gasteiger partial charge in [0.2, 0.25) is 0 Å². The first-order valence-corrected chi connectivity index (χ1v) is 2.26. The van der Waals surface area contributed by atoms with Gasteiger partial charge in [-0.2, -0.15) is 0 Å². The van der Waals surface area contributed by atoms with E-state index in [1.54, 1.807) is 13.3 Å². The summed E-state index contributed by atoms with van der Waals surface area (Å²) in [4.78, 5) is 0. The molecule has 0 aliphatic carbocycles. The van der Waals surface area contributed by atoms with Crippen LogP contribution in [0.15, 0.2) is 0 Å². The Labute approximate surface area is 39.0 Å². The predicted octanol–water partition coefficient (Wildman–Crippen LogP) is 1.42. The molecule has 0 aromatic heterocycles. The average molecular weight is 86.1 g/mol. The zero-order valence-corrected chi connectivity index (χ0v) is 4.27. The van der Waals surface area contributed by atoms with Gasteiger partial charge in [0.05, 0.1) is 6.10 Å². The van der Waals surface area contributed by atoms with Crippen LogP contribution in [-0.2, 0) is 5.11 Å². The highest BCUT2D eigenvalue weighted by atomic mass is 16.3. The van der Waals surface area contributed by atoms with Crippen molar-refractivity contribution in [2.24, 2.45) is 0 Å². The Morgan fingerprint density at radius 1 is 1.83 bits per heavy atom. The molecule has 0 aromatic rings. The molecule has 2 radical (unpaired) electrons. The minimum atomic E-state index is -0.440. The molecular weight excluding hydrogens is 76.1 g/mol. The SMILES string of the molecule is C[CH]C([O])CC. The smallest absolute Gasteiger partial charge is 0.0956 e. The fraction of sp³-hybridized carbons (Fsp3) is 0.800. The van der Waals surface area contributed by atoms with Gasteiger partial charge in [-0.1, -0.05) is 13.8 Å². The van der Waals surface area contributed by atoms with Gasteiger partial charge in [-0.3, -0.25) is 0 Å². The van der Waals surface area contributed by atoms with Gasteiger partial charge in [-0.15, -0.1) is 0 Å². The first-order chi connectivity index (χ1) is 2.81. The molecule has 6 heavy (non-hydrogen) atoms. The van der Waals surface area contributed by atoms with E-state index < -0.39 is 6.10 Å². The van der Waals surface area contributed by atoms with Gasteiger partial charge in [0.15, 0.2) is 0 Å². The Morgan fingerprint density at radius 2 is 2.33 bits per heavy atom. The molecule has 36 valence electrons. The lowest BCUT2D eigenvalue weighted by Gasteiger charge is -1.93. The zero-order valence-electron chi connectivity index (χ0n) is 4.27. The highest BCUT2D eigenvalue weighted by Crippen LogP contribution is 1.91. The third-order valence-electron chi connectivity index (χ3n) is 0.774. The molecule has 0 bridgehead atoms. The number of hydrogen-bond donors (Lipinski definition) is 0. The van der Waals surface area contributed by atoms with Crippen LogP contribution in [0.25, 0.3) is 0 Å². The van der Waals surface area contributed by atoms with E-state index in [0.29, 0.717) is 0 Å². The molecule has 1 unspecified atom stereocenters. The van der Waals surface area contributed by atoms with Crippen molar-refractivity contribution in [2.75, 3.05) is 0 Å². The van der Waals surface area contributed by atoms with Crippen LogP contribution in [0.3, 0.4) is 0 Å². The Kier molecular flexibility index (Phi) is 3.14. The molecule has 1 atom stereocenters. The fourth-order valence-corrected chi connectivity index (χ4v) is 0.236. The van der Waals surface area contributed by atoms with Gasteiger partial charge in [-0.25, -0.2) is 5.11 Å². The summed E-state index contributed by atoms with van der Waals surface area (Å²) < 4.78 is 0. The Bertz CT molecular complexity index is 23.1. The van der Waals surface area contributed by atoms with E-state index in [-0.39, 0.29) is 0 Å². The van der Waals surface area contributed by atoms with Crippen molar-refractivity contribution in [3.63, 3.8) is 0 Å². The summed E-state index contributed by atoms with van der Waals surface area (Å²) in [7, 11) is 0. The second-order valence-corrected chi connectivity index (χ2v) is 1.28. The maximum absolute atomic E-state index is 10.2. The highest BCUT2D eigenvalue weighted by molar-refractivity contribution is 4.65. The molecule has 0 aromatic carbocycles. The summed E-state index contributed by atoms with van der Waals surface area (Å²) in [5.41, 5.74) is 0. The predicted molar refractivity (Wildman–Crippen MR) is 24.7 cm³/mol. The number of hydrogen-bond acceptors (Lipinski definition) is 0. The standard InChI is InChI=1S/C5H10O/c1-3-5(6)4-2/h3,5H,4H2,1-2H3. The van der Waals surface area contributed by atoms with E-state index in [2.05, 4.69) is 0 Å². The van der Waals surface area contributed by atoms with Crippen LogP contribution < -0.4 is 0 Å². The van der Waals surface area contributed by atoms with Crippen molar-refractivity contribution in [3.8, 4) is 0 Å². The quantitative estimate of drug-likeness (QED) is 0.484. The molecule has 0 saturated carbocycles. The first-order valence-electron chi connectivity index (χ1n) is 2.26.